The lowest BCUT2D eigenvalue weighted by molar-refractivity contribution is -0.137. The Morgan fingerprint density at radius 3 is 2.63 bits per heavy atom. The number of nitrogens with one attached hydrogen (secondary N) is 3. The van der Waals surface area contributed by atoms with Gasteiger partial charge in [-0.05, 0) is 12.1 Å². The van der Waals surface area contributed by atoms with E-state index < -0.39 is 52.8 Å². The molecule has 1 aliphatic rings. The molecule has 30 heavy (non-hydrogen) atoms. The third-order valence-corrected chi connectivity index (χ3v) is 4.56. The van der Waals surface area contributed by atoms with Crippen LogP contribution in [0.5, 0.6) is 0 Å². The van der Waals surface area contributed by atoms with Crippen molar-refractivity contribution in [2.45, 2.75) is 25.1 Å². The van der Waals surface area contributed by atoms with Crippen LogP contribution in [-0.2, 0) is 27.0 Å². The fourth-order valence-electron chi connectivity index (χ4n) is 3.19. The molecule has 0 saturated heterocycles. The lowest BCUT2D eigenvalue weighted by Crippen LogP contribution is -2.43. The van der Waals surface area contributed by atoms with Gasteiger partial charge in [0, 0.05) is 13.5 Å². The number of methoxy groups -OCH3 is 1. The molecule has 2 amide bonds. The van der Waals surface area contributed by atoms with E-state index in [0.29, 0.717) is 0 Å². The van der Waals surface area contributed by atoms with E-state index in [4.69, 9.17) is 4.74 Å². The molecule has 1 atom stereocenters. The average Bonchev–Trinajstić information content (AvgIpc) is 2.66. The number of hydrogen-bond acceptors (Lipinski definition) is 5. The summed E-state index contributed by atoms with van der Waals surface area (Å²) in [7, 11) is 1.39. The Labute approximate surface area is 166 Å². The number of H-pyrrole nitrogens is 1. The number of carbonyl (C=O) groups is 2. The van der Waals surface area contributed by atoms with E-state index in [-0.39, 0.29) is 24.5 Å². The SMILES string of the molecule is COCCn1c2c(c(=O)[nH]c1=O)C(C(=O)Nc1ccccc1C(F)(F)F)CC(=O)N2. The van der Waals surface area contributed by atoms with Gasteiger partial charge in [0.25, 0.3) is 5.56 Å². The predicted molar refractivity (Wildman–Crippen MR) is 99.3 cm³/mol. The summed E-state index contributed by atoms with van der Waals surface area (Å²) in [5, 5.41) is 4.54. The molecule has 0 bridgehead atoms. The summed E-state index contributed by atoms with van der Waals surface area (Å²) in [5.74, 6) is -3.22. The maximum Gasteiger partial charge on any atom is 0.418 e. The molecule has 1 aromatic carbocycles. The quantitative estimate of drug-likeness (QED) is 0.665. The summed E-state index contributed by atoms with van der Waals surface area (Å²) >= 11 is 0. The standard InChI is InChI=1S/C18H17F3N4O5/c1-30-7-6-25-14-13(16(28)24-17(25)29)9(8-12(26)23-14)15(27)22-11-5-3-2-4-10(11)18(19,20)21/h2-5,9H,6-8H2,1H3,(H,22,27)(H,23,26)(H,24,28,29). The van der Waals surface area contributed by atoms with E-state index in [9.17, 15) is 32.3 Å². The van der Waals surface area contributed by atoms with Crippen LogP contribution in [0.15, 0.2) is 33.9 Å². The number of ether oxygens (including phenoxy) is 1. The maximum absolute atomic E-state index is 13.2. The second-order valence-electron chi connectivity index (χ2n) is 6.50. The van der Waals surface area contributed by atoms with Gasteiger partial charge in [-0.25, -0.2) is 4.79 Å². The van der Waals surface area contributed by atoms with Crippen LogP contribution in [-0.4, -0.2) is 35.1 Å². The first-order valence-electron chi connectivity index (χ1n) is 8.76. The molecule has 1 unspecified atom stereocenters. The Hall–Kier alpha value is -3.41. The number of alkyl halides is 3. The van der Waals surface area contributed by atoms with Crippen molar-refractivity contribution in [3.63, 3.8) is 0 Å². The fourth-order valence-corrected chi connectivity index (χ4v) is 3.19. The van der Waals surface area contributed by atoms with Gasteiger partial charge >= 0.3 is 11.9 Å². The fraction of sp³-hybridized carbons (Fsp3) is 0.333. The first-order valence-corrected chi connectivity index (χ1v) is 8.76. The van der Waals surface area contributed by atoms with E-state index in [1.54, 1.807) is 0 Å². The number of hydrogen-bond donors (Lipinski definition) is 3. The Bertz CT molecular complexity index is 1110. The second-order valence-corrected chi connectivity index (χ2v) is 6.50. The number of amides is 2. The Morgan fingerprint density at radius 1 is 1.27 bits per heavy atom. The number of anilines is 2. The largest absolute Gasteiger partial charge is 0.418 e. The normalized spacial score (nSPS) is 16.0. The van der Waals surface area contributed by atoms with E-state index in [1.165, 1.54) is 19.2 Å². The van der Waals surface area contributed by atoms with Gasteiger partial charge in [0.2, 0.25) is 11.8 Å². The van der Waals surface area contributed by atoms with Crippen molar-refractivity contribution in [3.05, 3.63) is 56.2 Å². The number of para-hydroxylation sites is 1. The van der Waals surface area contributed by atoms with Crippen LogP contribution >= 0.6 is 0 Å². The zero-order chi connectivity index (χ0) is 22.1. The minimum absolute atomic E-state index is 0.0278. The van der Waals surface area contributed by atoms with E-state index in [0.717, 1.165) is 16.7 Å². The predicted octanol–water partition coefficient (Wildman–Crippen LogP) is 1.27. The van der Waals surface area contributed by atoms with Crippen LogP contribution in [0.1, 0.15) is 23.5 Å². The van der Waals surface area contributed by atoms with Crippen LogP contribution in [0.2, 0.25) is 0 Å². The Kier molecular flexibility index (Phi) is 5.78. The number of carbonyl (C=O) groups excluding carboxylic acids is 2. The van der Waals surface area contributed by atoms with Gasteiger partial charge in [0.05, 0.1) is 35.9 Å². The van der Waals surface area contributed by atoms with Crippen molar-refractivity contribution in [2.24, 2.45) is 0 Å². The zero-order valence-corrected chi connectivity index (χ0v) is 15.6. The molecule has 12 heteroatoms. The average molecular weight is 426 g/mol. The number of fused-ring (bicyclic) bond motifs is 1. The highest BCUT2D eigenvalue weighted by Crippen LogP contribution is 2.36. The summed E-state index contributed by atoms with van der Waals surface area (Å²) in [6.07, 6.45) is -5.19. The molecule has 1 aliphatic heterocycles. The topological polar surface area (TPSA) is 122 Å². The summed E-state index contributed by atoms with van der Waals surface area (Å²) in [4.78, 5) is 51.5. The van der Waals surface area contributed by atoms with Crippen molar-refractivity contribution in [3.8, 4) is 0 Å². The van der Waals surface area contributed by atoms with Crippen molar-refractivity contribution in [1.29, 1.82) is 0 Å². The van der Waals surface area contributed by atoms with Crippen LogP contribution < -0.4 is 21.9 Å². The lowest BCUT2D eigenvalue weighted by atomic mass is 9.92. The summed E-state index contributed by atoms with van der Waals surface area (Å²) in [6.45, 7) is 0.0457. The molecular formula is C18H17F3N4O5. The lowest BCUT2D eigenvalue weighted by Gasteiger charge is -2.26. The van der Waals surface area contributed by atoms with Crippen molar-refractivity contribution >= 4 is 23.3 Å². The van der Waals surface area contributed by atoms with Gasteiger partial charge in [0.1, 0.15) is 5.82 Å². The highest BCUT2D eigenvalue weighted by Gasteiger charge is 2.38. The van der Waals surface area contributed by atoms with Gasteiger partial charge in [-0.15, -0.1) is 0 Å². The molecule has 1 aromatic heterocycles. The van der Waals surface area contributed by atoms with Crippen molar-refractivity contribution in [1.82, 2.24) is 9.55 Å². The minimum atomic E-state index is -4.72. The third-order valence-electron chi connectivity index (χ3n) is 4.56. The molecule has 3 N–H and O–H groups in total. The van der Waals surface area contributed by atoms with E-state index in [1.807, 2.05) is 0 Å². The van der Waals surface area contributed by atoms with E-state index in [2.05, 4.69) is 15.6 Å². The smallest absolute Gasteiger partial charge is 0.383 e. The second kappa shape index (κ2) is 8.14. The Balaban J connectivity index is 2.04. The van der Waals surface area contributed by atoms with Crippen LogP contribution in [0.3, 0.4) is 0 Å². The molecule has 2 aromatic rings. The van der Waals surface area contributed by atoms with Crippen molar-refractivity contribution < 1.29 is 27.5 Å². The van der Waals surface area contributed by atoms with Gasteiger partial charge in [-0.1, -0.05) is 12.1 Å². The number of halogens is 3. The Morgan fingerprint density at radius 2 is 1.97 bits per heavy atom. The maximum atomic E-state index is 13.2. The van der Waals surface area contributed by atoms with E-state index >= 15 is 0 Å². The van der Waals surface area contributed by atoms with Crippen LogP contribution in [0, 0.1) is 0 Å². The number of aromatic amines is 1. The molecule has 0 aliphatic carbocycles. The first-order chi connectivity index (χ1) is 14.1. The van der Waals surface area contributed by atoms with Crippen LogP contribution in [0.4, 0.5) is 24.7 Å². The molecule has 0 spiro atoms. The monoisotopic (exact) mass is 426 g/mol. The van der Waals surface area contributed by atoms with Gasteiger partial charge in [-0.3, -0.25) is 23.9 Å². The molecule has 9 nitrogen and oxygen atoms in total. The molecular weight excluding hydrogens is 409 g/mol. The minimum Gasteiger partial charge on any atom is -0.383 e. The highest BCUT2D eigenvalue weighted by molar-refractivity contribution is 6.04. The molecule has 160 valence electrons. The summed E-state index contributed by atoms with van der Waals surface area (Å²) in [6, 6.07) is 4.34. The van der Waals surface area contributed by atoms with Gasteiger partial charge in [-0.2, -0.15) is 13.2 Å². The number of nitrogens with zero attached hydrogens (tertiary/aromatic N) is 1. The number of rotatable bonds is 5. The molecule has 2 heterocycles. The third kappa shape index (κ3) is 4.13. The molecule has 0 fully saturated rings. The van der Waals surface area contributed by atoms with Gasteiger partial charge in [0.15, 0.2) is 0 Å². The molecule has 0 radical (unpaired) electrons. The highest BCUT2D eigenvalue weighted by atomic mass is 19.4. The number of benzene rings is 1. The summed E-state index contributed by atoms with van der Waals surface area (Å²) in [5.41, 5.74) is -3.52. The van der Waals surface area contributed by atoms with Gasteiger partial charge < -0.3 is 15.4 Å². The molecule has 3 rings (SSSR count). The molecule has 0 saturated carbocycles. The zero-order valence-electron chi connectivity index (χ0n) is 15.6. The first kappa shape index (κ1) is 21.3. The summed E-state index contributed by atoms with van der Waals surface area (Å²) < 4.78 is 45.5. The van der Waals surface area contributed by atoms with Crippen LogP contribution in [0.25, 0.3) is 0 Å². The van der Waals surface area contributed by atoms with Crippen molar-refractivity contribution in [2.75, 3.05) is 24.4 Å². The number of aromatic nitrogens is 2.